The predicted molar refractivity (Wildman–Crippen MR) is 70.8 cm³/mol. The largest absolute Gasteiger partial charge is 0.329 e. The molecule has 1 rings (SSSR count). The van der Waals surface area contributed by atoms with E-state index < -0.39 is 6.43 Å². The third kappa shape index (κ3) is 5.10. The minimum absolute atomic E-state index is 0.202. The van der Waals surface area contributed by atoms with Crippen LogP contribution in [-0.2, 0) is 6.42 Å². The molecule has 0 radical (unpaired) electrons. The maximum Gasteiger partial charge on any atom is 0.250 e. The topological polar surface area (TPSA) is 38.0 Å². The Hall–Kier alpha value is -1.00. The van der Waals surface area contributed by atoms with Gasteiger partial charge in [-0.05, 0) is 23.5 Å². The van der Waals surface area contributed by atoms with E-state index in [9.17, 15) is 8.78 Å². The summed E-state index contributed by atoms with van der Waals surface area (Å²) in [4.78, 5) is 0. The molecule has 1 unspecified atom stereocenters. The number of nitrogens with one attached hydrogen (secondary N) is 1. The Bertz CT molecular complexity index is 336. The average Bonchev–Trinajstić information content (AvgIpc) is 2.31. The molecule has 3 N–H and O–H groups in total. The van der Waals surface area contributed by atoms with Crippen LogP contribution in [0.15, 0.2) is 24.3 Å². The van der Waals surface area contributed by atoms with Gasteiger partial charge in [0, 0.05) is 12.6 Å². The van der Waals surface area contributed by atoms with E-state index in [-0.39, 0.29) is 12.6 Å². The summed E-state index contributed by atoms with van der Waals surface area (Å²) in [5.74, 6) is 0.609. The molecule has 0 saturated heterocycles. The zero-order valence-electron chi connectivity index (χ0n) is 11.0. The smallest absolute Gasteiger partial charge is 0.250 e. The fraction of sp³-hybridized carbons (Fsp3) is 0.571. The Morgan fingerprint density at radius 1 is 1.17 bits per heavy atom. The first-order valence-electron chi connectivity index (χ1n) is 6.33. The highest BCUT2D eigenvalue weighted by atomic mass is 19.3. The van der Waals surface area contributed by atoms with E-state index in [0.717, 1.165) is 12.0 Å². The molecular formula is C14H22F2N2. The van der Waals surface area contributed by atoms with Crippen LogP contribution in [0.5, 0.6) is 0 Å². The zero-order valence-corrected chi connectivity index (χ0v) is 11.0. The van der Waals surface area contributed by atoms with Gasteiger partial charge in [-0.25, -0.2) is 8.78 Å². The highest BCUT2D eigenvalue weighted by Crippen LogP contribution is 2.15. The summed E-state index contributed by atoms with van der Waals surface area (Å²) >= 11 is 0. The molecule has 2 nitrogen and oxygen atoms in total. The van der Waals surface area contributed by atoms with Crippen LogP contribution in [0.3, 0.4) is 0 Å². The molecule has 1 atom stereocenters. The van der Waals surface area contributed by atoms with Crippen LogP contribution in [-0.4, -0.2) is 19.5 Å². The molecule has 0 spiro atoms. The number of hydrogen-bond donors (Lipinski definition) is 2. The van der Waals surface area contributed by atoms with Crippen LogP contribution in [0.1, 0.15) is 31.0 Å². The van der Waals surface area contributed by atoms with Crippen molar-refractivity contribution in [1.82, 2.24) is 5.32 Å². The van der Waals surface area contributed by atoms with E-state index in [1.165, 1.54) is 5.56 Å². The van der Waals surface area contributed by atoms with Gasteiger partial charge in [0.15, 0.2) is 0 Å². The van der Waals surface area contributed by atoms with Crippen molar-refractivity contribution < 1.29 is 8.78 Å². The Labute approximate surface area is 108 Å². The number of nitrogens with two attached hydrogens (primary N) is 1. The minimum atomic E-state index is -2.35. The standard InChI is InChI=1S/C14H22F2N2/c1-10(2)7-11-3-5-12(6-4-11)13(8-17)18-9-14(15)16/h3-6,10,13-14,18H,7-9,17H2,1-2H3. The summed E-state index contributed by atoms with van der Waals surface area (Å²) in [5, 5.41) is 2.77. The van der Waals surface area contributed by atoms with Gasteiger partial charge in [-0.2, -0.15) is 0 Å². The average molecular weight is 256 g/mol. The first-order valence-corrected chi connectivity index (χ1v) is 6.33. The molecule has 0 bridgehead atoms. The summed E-state index contributed by atoms with van der Waals surface area (Å²) in [6.45, 7) is 4.33. The molecule has 102 valence electrons. The molecule has 1 aromatic rings. The van der Waals surface area contributed by atoms with Crippen LogP contribution in [0.4, 0.5) is 8.78 Å². The lowest BCUT2D eigenvalue weighted by molar-refractivity contribution is 0.141. The molecule has 0 saturated carbocycles. The second kappa shape index (κ2) is 7.44. The van der Waals surface area contributed by atoms with Crippen molar-refractivity contribution in [3.8, 4) is 0 Å². The van der Waals surface area contributed by atoms with Crippen molar-refractivity contribution in [3.05, 3.63) is 35.4 Å². The number of halogens is 2. The van der Waals surface area contributed by atoms with Crippen LogP contribution >= 0.6 is 0 Å². The Balaban J connectivity index is 2.63. The van der Waals surface area contributed by atoms with Gasteiger partial charge in [0.1, 0.15) is 0 Å². The summed E-state index contributed by atoms with van der Waals surface area (Å²) in [5.41, 5.74) is 7.83. The van der Waals surface area contributed by atoms with E-state index in [2.05, 4.69) is 19.2 Å². The predicted octanol–water partition coefficient (Wildman–Crippen LogP) is 2.74. The van der Waals surface area contributed by atoms with E-state index >= 15 is 0 Å². The van der Waals surface area contributed by atoms with Crippen molar-refractivity contribution in [3.63, 3.8) is 0 Å². The molecule has 0 aliphatic heterocycles. The van der Waals surface area contributed by atoms with Gasteiger partial charge in [-0.3, -0.25) is 0 Å². The maximum atomic E-state index is 12.2. The van der Waals surface area contributed by atoms with Gasteiger partial charge < -0.3 is 11.1 Å². The second-order valence-electron chi connectivity index (χ2n) is 4.93. The normalized spacial score (nSPS) is 13.3. The van der Waals surface area contributed by atoms with Gasteiger partial charge in [-0.1, -0.05) is 38.1 Å². The third-order valence-corrected chi connectivity index (χ3v) is 2.78. The fourth-order valence-corrected chi connectivity index (χ4v) is 1.93. The monoisotopic (exact) mass is 256 g/mol. The molecule has 0 amide bonds. The Morgan fingerprint density at radius 2 is 1.78 bits per heavy atom. The SMILES string of the molecule is CC(C)Cc1ccc(C(CN)NCC(F)F)cc1. The number of alkyl halides is 2. The van der Waals surface area contributed by atoms with Crippen molar-refractivity contribution in [2.75, 3.05) is 13.1 Å². The van der Waals surface area contributed by atoms with Gasteiger partial charge >= 0.3 is 0 Å². The quantitative estimate of drug-likeness (QED) is 0.787. The molecule has 0 fully saturated rings. The van der Waals surface area contributed by atoms with E-state index in [1.807, 2.05) is 24.3 Å². The van der Waals surface area contributed by atoms with Gasteiger partial charge in [0.25, 0.3) is 6.43 Å². The van der Waals surface area contributed by atoms with Crippen LogP contribution in [0, 0.1) is 5.92 Å². The molecular weight excluding hydrogens is 234 g/mol. The van der Waals surface area contributed by atoms with E-state index in [1.54, 1.807) is 0 Å². The lowest BCUT2D eigenvalue weighted by atomic mass is 9.99. The summed E-state index contributed by atoms with van der Waals surface area (Å²) in [7, 11) is 0. The van der Waals surface area contributed by atoms with Gasteiger partial charge in [0.05, 0.1) is 6.54 Å². The summed E-state index contributed by atoms with van der Waals surface area (Å²) in [6.07, 6.45) is -1.32. The molecule has 0 aliphatic carbocycles. The summed E-state index contributed by atoms with van der Waals surface area (Å²) < 4.78 is 24.3. The first-order chi connectivity index (χ1) is 8.52. The van der Waals surface area contributed by atoms with Crippen LogP contribution in [0.25, 0.3) is 0 Å². The second-order valence-corrected chi connectivity index (χ2v) is 4.93. The Kier molecular flexibility index (Phi) is 6.22. The van der Waals surface area contributed by atoms with Gasteiger partial charge in [-0.15, -0.1) is 0 Å². The minimum Gasteiger partial charge on any atom is -0.329 e. The molecule has 18 heavy (non-hydrogen) atoms. The van der Waals surface area contributed by atoms with E-state index in [4.69, 9.17) is 5.73 Å². The number of rotatable bonds is 7. The summed E-state index contributed by atoms with van der Waals surface area (Å²) in [6, 6.07) is 7.82. The fourth-order valence-electron chi connectivity index (χ4n) is 1.93. The van der Waals surface area contributed by atoms with Crippen molar-refractivity contribution in [1.29, 1.82) is 0 Å². The molecule has 4 heteroatoms. The lowest BCUT2D eigenvalue weighted by Gasteiger charge is -2.17. The molecule has 0 aliphatic rings. The maximum absolute atomic E-state index is 12.2. The van der Waals surface area contributed by atoms with E-state index in [0.29, 0.717) is 12.5 Å². The molecule has 0 heterocycles. The molecule has 1 aromatic carbocycles. The van der Waals surface area contributed by atoms with Crippen molar-refractivity contribution in [2.45, 2.75) is 32.7 Å². The van der Waals surface area contributed by atoms with Crippen molar-refractivity contribution in [2.24, 2.45) is 11.7 Å². The Morgan fingerprint density at radius 3 is 2.22 bits per heavy atom. The first kappa shape index (κ1) is 15.1. The third-order valence-electron chi connectivity index (χ3n) is 2.78. The lowest BCUT2D eigenvalue weighted by Crippen LogP contribution is -2.31. The van der Waals surface area contributed by atoms with Crippen LogP contribution in [0.2, 0.25) is 0 Å². The number of hydrogen-bond acceptors (Lipinski definition) is 2. The zero-order chi connectivity index (χ0) is 13.5. The van der Waals surface area contributed by atoms with Crippen LogP contribution < -0.4 is 11.1 Å². The van der Waals surface area contributed by atoms with Crippen molar-refractivity contribution >= 4 is 0 Å². The molecule has 0 aromatic heterocycles. The number of benzene rings is 1. The van der Waals surface area contributed by atoms with Gasteiger partial charge in [0.2, 0.25) is 0 Å². The highest BCUT2D eigenvalue weighted by molar-refractivity contribution is 5.25. The highest BCUT2D eigenvalue weighted by Gasteiger charge is 2.11.